The number of aliphatic hydroxyl groups is 1. The normalized spacial score (nSPS) is 19.6. The summed E-state index contributed by atoms with van der Waals surface area (Å²) in [5.74, 6) is 0.0818. The highest BCUT2D eigenvalue weighted by Crippen LogP contribution is 2.51. The standard InChI is InChI=1S/C33H37F4NO.ClH/c1-4-7-20-10-12-21(13-11-20)27-28-25(18-32(2,3)19-26(28)39)38-31(23-8-5-6-9-23)29(27)30(34)22-14-16-24(17-15-22)33(35,36)37;/h10-17,23,26,30,39H,4-9,18-19H2,1-3H3;1H/p-1/t26-,30-;/m0./s1. The third kappa shape index (κ3) is 6.08. The van der Waals surface area contributed by atoms with Crippen LogP contribution in [0.1, 0.15) is 117 Å². The molecule has 1 saturated carbocycles. The van der Waals surface area contributed by atoms with Crippen LogP contribution in [0, 0.1) is 5.41 Å². The number of nitrogens with zero attached hydrogens (tertiary/aromatic N) is 1. The van der Waals surface area contributed by atoms with Gasteiger partial charge in [-0.25, -0.2) is 4.39 Å². The van der Waals surface area contributed by atoms with Gasteiger partial charge in [-0.1, -0.05) is 76.4 Å². The Balaban J connectivity index is 0.00000370. The molecule has 1 aromatic heterocycles. The Morgan fingerprint density at radius 2 is 1.62 bits per heavy atom. The van der Waals surface area contributed by atoms with Gasteiger partial charge < -0.3 is 17.5 Å². The van der Waals surface area contributed by atoms with E-state index in [9.17, 15) is 18.3 Å². The van der Waals surface area contributed by atoms with Crippen LogP contribution in [-0.4, -0.2) is 10.1 Å². The zero-order valence-electron chi connectivity index (χ0n) is 23.3. The van der Waals surface area contributed by atoms with Gasteiger partial charge in [0.1, 0.15) is 0 Å². The van der Waals surface area contributed by atoms with E-state index in [1.54, 1.807) is 0 Å². The van der Waals surface area contributed by atoms with Crippen LogP contribution < -0.4 is 12.4 Å². The monoisotopic (exact) mass is 574 g/mol. The Bertz CT molecular complexity index is 1310. The zero-order chi connectivity index (χ0) is 27.9. The van der Waals surface area contributed by atoms with Gasteiger partial charge in [0, 0.05) is 22.7 Å². The van der Waals surface area contributed by atoms with E-state index >= 15 is 4.39 Å². The fourth-order valence-corrected chi connectivity index (χ4v) is 6.54. The topological polar surface area (TPSA) is 33.1 Å². The van der Waals surface area contributed by atoms with E-state index in [-0.39, 0.29) is 29.3 Å². The molecule has 3 aromatic rings. The summed E-state index contributed by atoms with van der Waals surface area (Å²) in [6, 6.07) is 12.4. The molecular formula is C33H37ClF4NO-. The van der Waals surface area contributed by atoms with Gasteiger partial charge in [0.2, 0.25) is 0 Å². The number of hydrogen-bond acceptors (Lipinski definition) is 2. The second-order valence-corrected chi connectivity index (χ2v) is 12.1. The van der Waals surface area contributed by atoms with Crippen molar-refractivity contribution >= 4 is 0 Å². The molecule has 216 valence electrons. The minimum absolute atomic E-state index is 0. The van der Waals surface area contributed by atoms with Gasteiger partial charge in [-0.15, -0.1) is 0 Å². The lowest BCUT2D eigenvalue weighted by molar-refractivity contribution is -0.137. The second kappa shape index (κ2) is 11.8. The van der Waals surface area contributed by atoms with Crippen LogP contribution in [-0.2, 0) is 19.0 Å². The summed E-state index contributed by atoms with van der Waals surface area (Å²) >= 11 is 0. The lowest BCUT2D eigenvalue weighted by Gasteiger charge is -2.37. The molecule has 1 fully saturated rings. The van der Waals surface area contributed by atoms with Crippen LogP contribution in [0.3, 0.4) is 0 Å². The van der Waals surface area contributed by atoms with Crippen molar-refractivity contribution in [2.75, 3.05) is 0 Å². The van der Waals surface area contributed by atoms with E-state index < -0.39 is 24.0 Å². The molecule has 0 unspecified atom stereocenters. The zero-order valence-corrected chi connectivity index (χ0v) is 24.0. The summed E-state index contributed by atoms with van der Waals surface area (Å²) in [5.41, 5.74) is 4.47. The fraction of sp³-hybridized carbons (Fsp3) is 0.485. The van der Waals surface area contributed by atoms with Crippen molar-refractivity contribution in [1.82, 2.24) is 4.98 Å². The molecule has 7 heteroatoms. The molecule has 1 heterocycles. The average Bonchev–Trinajstić information content (AvgIpc) is 3.42. The van der Waals surface area contributed by atoms with Crippen LogP contribution in [0.2, 0.25) is 0 Å². The van der Waals surface area contributed by atoms with Crippen molar-refractivity contribution in [1.29, 1.82) is 0 Å². The Labute approximate surface area is 240 Å². The van der Waals surface area contributed by atoms with Gasteiger partial charge in [-0.05, 0) is 71.9 Å². The van der Waals surface area contributed by atoms with Gasteiger partial charge in [0.05, 0.1) is 17.4 Å². The molecular weight excluding hydrogens is 538 g/mol. The third-order valence-electron chi connectivity index (χ3n) is 8.41. The summed E-state index contributed by atoms with van der Waals surface area (Å²) < 4.78 is 56.5. The maximum Gasteiger partial charge on any atom is 0.416 e. The van der Waals surface area contributed by atoms with Gasteiger partial charge in [0.15, 0.2) is 6.17 Å². The van der Waals surface area contributed by atoms with Crippen LogP contribution >= 0.6 is 0 Å². The largest absolute Gasteiger partial charge is 1.00 e. The van der Waals surface area contributed by atoms with E-state index in [0.717, 1.165) is 61.9 Å². The van der Waals surface area contributed by atoms with Gasteiger partial charge in [-0.2, -0.15) is 13.2 Å². The summed E-state index contributed by atoms with van der Waals surface area (Å²) in [7, 11) is 0. The Kier molecular flexibility index (Phi) is 9.01. The number of rotatable bonds is 6. The molecule has 0 amide bonds. The number of aryl methyl sites for hydroxylation is 1. The quantitative estimate of drug-likeness (QED) is 0.343. The lowest BCUT2D eigenvalue weighted by atomic mass is 9.71. The van der Waals surface area contributed by atoms with Crippen LogP contribution in [0.4, 0.5) is 17.6 Å². The first-order valence-corrected chi connectivity index (χ1v) is 14.1. The van der Waals surface area contributed by atoms with Crippen LogP contribution in [0.15, 0.2) is 48.5 Å². The lowest BCUT2D eigenvalue weighted by Crippen LogP contribution is -3.00. The SMILES string of the molecule is CCCc1ccc(-c2c([C@@H](F)c3ccc(C(F)(F)F)cc3)c(C3CCCC3)nc3c2[C@@H](O)CC(C)(C)C3)cc1.[Cl-]. The van der Waals surface area contributed by atoms with Crippen molar-refractivity contribution in [3.63, 3.8) is 0 Å². The summed E-state index contributed by atoms with van der Waals surface area (Å²) in [4.78, 5) is 5.10. The van der Waals surface area contributed by atoms with Gasteiger partial charge >= 0.3 is 6.18 Å². The smallest absolute Gasteiger partial charge is 0.416 e. The van der Waals surface area contributed by atoms with Crippen LogP contribution in [0.5, 0.6) is 0 Å². The molecule has 1 N–H and O–H groups in total. The first-order valence-electron chi connectivity index (χ1n) is 14.1. The Morgan fingerprint density at radius 1 is 1.00 bits per heavy atom. The van der Waals surface area contributed by atoms with E-state index in [1.165, 1.54) is 17.7 Å². The van der Waals surface area contributed by atoms with Crippen molar-refractivity contribution in [3.05, 3.63) is 87.7 Å². The van der Waals surface area contributed by atoms with Gasteiger partial charge in [-0.3, -0.25) is 4.98 Å². The molecule has 2 atom stereocenters. The molecule has 2 aromatic carbocycles. The van der Waals surface area contributed by atoms with E-state index in [0.29, 0.717) is 35.2 Å². The third-order valence-corrected chi connectivity index (χ3v) is 8.41. The fourth-order valence-electron chi connectivity index (χ4n) is 6.54. The second-order valence-electron chi connectivity index (χ2n) is 12.1. The van der Waals surface area contributed by atoms with Crippen molar-refractivity contribution in [2.45, 2.75) is 96.5 Å². The molecule has 2 aliphatic carbocycles. The average molecular weight is 575 g/mol. The van der Waals surface area contributed by atoms with E-state index in [2.05, 4.69) is 32.9 Å². The number of hydrogen-bond donors (Lipinski definition) is 1. The number of benzene rings is 2. The number of aromatic nitrogens is 1. The Morgan fingerprint density at radius 3 is 2.20 bits per heavy atom. The number of halogens is 5. The molecule has 0 bridgehead atoms. The molecule has 0 aliphatic heterocycles. The molecule has 40 heavy (non-hydrogen) atoms. The summed E-state index contributed by atoms with van der Waals surface area (Å²) in [6.07, 6.45) is 0.0573. The molecule has 0 saturated heterocycles. The van der Waals surface area contributed by atoms with E-state index in [4.69, 9.17) is 4.98 Å². The highest BCUT2D eigenvalue weighted by atomic mass is 35.5. The minimum Gasteiger partial charge on any atom is -1.00 e. The summed E-state index contributed by atoms with van der Waals surface area (Å²) in [5, 5.41) is 11.4. The summed E-state index contributed by atoms with van der Waals surface area (Å²) in [6.45, 7) is 6.35. The molecule has 0 radical (unpaired) electrons. The predicted molar refractivity (Wildman–Crippen MR) is 146 cm³/mol. The number of aliphatic hydroxyl groups excluding tert-OH is 1. The highest BCUT2D eigenvalue weighted by molar-refractivity contribution is 5.75. The molecule has 0 spiro atoms. The minimum atomic E-state index is -4.49. The van der Waals surface area contributed by atoms with E-state index in [1.807, 2.05) is 12.1 Å². The first-order chi connectivity index (χ1) is 18.5. The van der Waals surface area contributed by atoms with Crippen LogP contribution in [0.25, 0.3) is 11.1 Å². The molecule has 2 aliphatic rings. The van der Waals surface area contributed by atoms with Gasteiger partial charge in [0.25, 0.3) is 0 Å². The highest BCUT2D eigenvalue weighted by Gasteiger charge is 2.39. The maximum absolute atomic E-state index is 16.8. The van der Waals surface area contributed by atoms with Crippen molar-refractivity contribution in [3.8, 4) is 11.1 Å². The first kappa shape index (κ1) is 30.5. The molecule has 2 nitrogen and oxygen atoms in total. The number of alkyl halides is 4. The maximum atomic E-state index is 16.8. The predicted octanol–water partition coefficient (Wildman–Crippen LogP) is 6.45. The van der Waals surface area contributed by atoms with Crippen molar-refractivity contribution in [2.24, 2.45) is 5.41 Å². The van der Waals surface area contributed by atoms with Crippen molar-refractivity contribution < 1.29 is 35.1 Å². The Hall–Kier alpha value is -2.44. The number of fused-ring (bicyclic) bond motifs is 1. The molecule has 5 rings (SSSR count). The number of pyridine rings is 1.